The molecule has 0 aromatic heterocycles. The molecular formula is C20H23ClFN3S. The molecule has 3 rings (SSSR count). The molecule has 0 aliphatic carbocycles. The van der Waals surface area contributed by atoms with Crippen molar-refractivity contribution in [1.29, 1.82) is 0 Å². The Hall–Kier alpha value is -1.69. The number of benzene rings is 2. The molecule has 0 atom stereocenters. The van der Waals surface area contributed by atoms with E-state index in [-0.39, 0.29) is 5.82 Å². The van der Waals surface area contributed by atoms with E-state index in [1.54, 1.807) is 6.07 Å². The molecule has 1 aliphatic heterocycles. The predicted octanol–water partition coefficient (Wildman–Crippen LogP) is 3.98. The minimum atomic E-state index is -0.298. The molecule has 0 saturated carbocycles. The summed E-state index contributed by atoms with van der Waals surface area (Å²) >= 11 is 11.7. The fourth-order valence-corrected chi connectivity index (χ4v) is 3.48. The highest BCUT2D eigenvalue weighted by atomic mass is 35.5. The van der Waals surface area contributed by atoms with Gasteiger partial charge in [-0.15, -0.1) is 0 Å². The Balaban J connectivity index is 1.45. The normalized spacial score (nSPS) is 15.1. The molecule has 0 spiro atoms. The maximum Gasteiger partial charge on any atom is 0.169 e. The van der Waals surface area contributed by atoms with Gasteiger partial charge in [0.2, 0.25) is 0 Å². The minimum absolute atomic E-state index is 0.298. The molecule has 26 heavy (non-hydrogen) atoms. The van der Waals surface area contributed by atoms with Crippen LogP contribution in [0.5, 0.6) is 0 Å². The number of piperazine rings is 1. The van der Waals surface area contributed by atoms with Crippen molar-refractivity contribution in [2.45, 2.75) is 20.0 Å². The van der Waals surface area contributed by atoms with Crippen LogP contribution in [0.15, 0.2) is 42.5 Å². The summed E-state index contributed by atoms with van der Waals surface area (Å²) in [6.07, 6.45) is 0. The third kappa shape index (κ3) is 5.16. The maximum atomic E-state index is 13.2. The van der Waals surface area contributed by atoms with Crippen molar-refractivity contribution < 1.29 is 4.39 Å². The Kier molecular flexibility index (Phi) is 6.46. The van der Waals surface area contributed by atoms with E-state index in [1.165, 1.54) is 23.3 Å². The zero-order valence-electron chi connectivity index (χ0n) is 14.8. The highest BCUT2D eigenvalue weighted by Gasteiger charge is 2.19. The van der Waals surface area contributed by atoms with Crippen molar-refractivity contribution in [3.05, 3.63) is 70.0 Å². The molecule has 1 N–H and O–H groups in total. The van der Waals surface area contributed by atoms with Crippen LogP contribution in [0.2, 0.25) is 5.02 Å². The molecule has 1 aliphatic rings. The minimum Gasteiger partial charge on any atom is -0.358 e. The zero-order chi connectivity index (χ0) is 18.5. The van der Waals surface area contributed by atoms with Crippen LogP contribution in [-0.2, 0) is 13.1 Å². The molecule has 1 fully saturated rings. The first-order chi connectivity index (χ1) is 12.5. The molecule has 0 radical (unpaired) electrons. The van der Waals surface area contributed by atoms with Gasteiger partial charge < -0.3 is 10.2 Å². The quantitative estimate of drug-likeness (QED) is 0.794. The standard InChI is InChI=1S/C20H23ClFN3S/c1-15-2-4-16(5-3-15)13-23-20(26)25-10-8-24(9-11-25)14-17-6-7-18(22)12-19(17)21/h2-7,12H,8-11,13-14H2,1H3,(H,23,26). The number of aryl methyl sites for hydroxylation is 1. The largest absolute Gasteiger partial charge is 0.358 e. The average Bonchev–Trinajstić information content (AvgIpc) is 2.64. The molecule has 2 aromatic rings. The summed E-state index contributed by atoms with van der Waals surface area (Å²) < 4.78 is 13.2. The van der Waals surface area contributed by atoms with Gasteiger partial charge in [0.05, 0.1) is 0 Å². The third-order valence-corrected chi connectivity index (χ3v) is 5.39. The molecule has 2 aromatic carbocycles. The monoisotopic (exact) mass is 391 g/mol. The van der Waals surface area contributed by atoms with Crippen LogP contribution in [-0.4, -0.2) is 41.1 Å². The van der Waals surface area contributed by atoms with Crippen LogP contribution in [0, 0.1) is 12.7 Å². The maximum absolute atomic E-state index is 13.2. The highest BCUT2D eigenvalue weighted by molar-refractivity contribution is 7.80. The van der Waals surface area contributed by atoms with Gasteiger partial charge in [-0.25, -0.2) is 4.39 Å². The number of nitrogens with zero attached hydrogens (tertiary/aromatic N) is 2. The Bertz CT molecular complexity index is 758. The third-order valence-electron chi connectivity index (χ3n) is 4.63. The molecule has 0 bridgehead atoms. The first-order valence-corrected chi connectivity index (χ1v) is 9.54. The molecule has 1 saturated heterocycles. The Morgan fingerprint density at radius 3 is 2.46 bits per heavy atom. The highest BCUT2D eigenvalue weighted by Crippen LogP contribution is 2.19. The van der Waals surface area contributed by atoms with E-state index >= 15 is 0 Å². The number of hydrogen-bond acceptors (Lipinski definition) is 2. The predicted molar refractivity (Wildman–Crippen MR) is 109 cm³/mol. The van der Waals surface area contributed by atoms with Gasteiger partial charge >= 0.3 is 0 Å². The van der Waals surface area contributed by atoms with E-state index < -0.39 is 0 Å². The van der Waals surface area contributed by atoms with E-state index in [0.717, 1.165) is 49.9 Å². The SMILES string of the molecule is Cc1ccc(CNC(=S)N2CCN(Cc3ccc(F)cc3Cl)CC2)cc1. The Labute approximate surface area is 164 Å². The van der Waals surface area contributed by atoms with Gasteiger partial charge in [0.1, 0.15) is 5.82 Å². The van der Waals surface area contributed by atoms with Gasteiger partial charge in [0, 0.05) is 44.3 Å². The molecule has 138 valence electrons. The van der Waals surface area contributed by atoms with Gasteiger partial charge in [-0.05, 0) is 42.4 Å². The van der Waals surface area contributed by atoms with Crippen LogP contribution in [0.25, 0.3) is 0 Å². The molecule has 1 heterocycles. The topological polar surface area (TPSA) is 18.5 Å². The first kappa shape index (κ1) is 19.1. The van der Waals surface area contributed by atoms with E-state index in [4.69, 9.17) is 23.8 Å². The number of hydrogen-bond donors (Lipinski definition) is 1. The summed E-state index contributed by atoms with van der Waals surface area (Å²) in [7, 11) is 0. The average molecular weight is 392 g/mol. The van der Waals surface area contributed by atoms with E-state index in [0.29, 0.717) is 5.02 Å². The second-order valence-electron chi connectivity index (χ2n) is 6.64. The lowest BCUT2D eigenvalue weighted by Crippen LogP contribution is -2.51. The van der Waals surface area contributed by atoms with Gasteiger partial charge in [-0.1, -0.05) is 47.5 Å². The summed E-state index contributed by atoms with van der Waals surface area (Å²) in [6, 6.07) is 13.1. The molecule has 0 unspecified atom stereocenters. The van der Waals surface area contributed by atoms with Crippen LogP contribution in [0.4, 0.5) is 4.39 Å². The summed E-state index contributed by atoms with van der Waals surface area (Å²) in [5.41, 5.74) is 3.44. The van der Waals surface area contributed by atoms with Gasteiger partial charge in [0.25, 0.3) is 0 Å². The van der Waals surface area contributed by atoms with Crippen molar-refractivity contribution >= 4 is 28.9 Å². The van der Waals surface area contributed by atoms with Crippen molar-refractivity contribution in [2.24, 2.45) is 0 Å². The summed E-state index contributed by atoms with van der Waals surface area (Å²) in [6.45, 7) is 7.11. The molecule has 0 amide bonds. The lowest BCUT2D eigenvalue weighted by atomic mass is 10.1. The number of halogens is 2. The van der Waals surface area contributed by atoms with Crippen molar-refractivity contribution in [3.8, 4) is 0 Å². The van der Waals surface area contributed by atoms with E-state index in [2.05, 4.69) is 46.3 Å². The fraction of sp³-hybridized carbons (Fsp3) is 0.350. The zero-order valence-corrected chi connectivity index (χ0v) is 16.4. The second-order valence-corrected chi connectivity index (χ2v) is 7.44. The van der Waals surface area contributed by atoms with Crippen LogP contribution in [0.1, 0.15) is 16.7 Å². The number of rotatable bonds is 4. The molecule has 6 heteroatoms. The second kappa shape index (κ2) is 8.80. The van der Waals surface area contributed by atoms with E-state index in [1.807, 2.05) is 0 Å². The fourth-order valence-electron chi connectivity index (χ4n) is 3.00. The van der Waals surface area contributed by atoms with Crippen LogP contribution >= 0.6 is 23.8 Å². The lowest BCUT2D eigenvalue weighted by Gasteiger charge is -2.36. The summed E-state index contributed by atoms with van der Waals surface area (Å²) in [5, 5.41) is 4.63. The summed E-state index contributed by atoms with van der Waals surface area (Å²) in [5.74, 6) is -0.298. The smallest absolute Gasteiger partial charge is 0.169 e. The van der Waals surface area contributed by atoms with Gasteiger partial charge in [0.15, 0.2) is 5.11 Å². The van der Waals surface area contributed by atoms with Gasteiger partial charge in [-0.2, -0.15) is 0 Å². The number of nitrogens with one attached hydrogen (secondary N) is 1. The Morgan fingerprint density at radius 1 is 1.12 bits per heavy atom. The summed E-state index contributed by atoms with van der Waals surface area (Å²) in [4.78, 5) is 4.52. The van der Waals surface area contributed by atoms with Crippen molar-refractivity contribution in [3.63, 3.8) is 0 Å². The van der Waals surface area contributed by atoms with E-state index in [9.17, 15) is 4.39 Å². The lowest BCUT2D eigenvalue weighted by molar-refractivity contribution is 0.174. The molecular weight excluding hydrogens is 369 g/mol. The van der Waals surface area contributed by atoms with Crippen LogP contribution < -0.4 is 5.32 Å². The van der Waals surface area contributed by atoms with Crippen LogP contribution in [0.3, 0.4) is 0 Å². The Morgan fingerprint density at radius 2 is 1.81 bits per heavy atom. The van der Waals surface area contributed by atoms with Gasteiger partial charge in [-0.3, -0.25) is 4.90 Å². The van der Waals surface area contributed by atoms with Crippen molar-refractivity contribution in [2.75, 3.05) is 26.2 Å². The molecule has 3 nitrogen and oxygen atoms in total. The first-order valence-electron chi connectivity index (χ1n) is 8.76. The number of thiocarbonyl (C=S) groups is 1. The van der Waals surface area contributed by atoms with Crippen molar-refractivity contribution in [1.82, 2.24) is 15.1 Å².